The Hall–Kier alpha value is -1.64. The third-order valence-corrected chi connectivity index (χ3v) is 1.38. The summed E-state index contributed by atoms with van der Waals surface area (Å²) in [4.78, 5) is 21.7. The van der Waals surface area contributed by atoms with Gasteiger partial charge in [-0.05, 0) is 24.3 Å². The van der Waals surface area contributed by atoms with E-state index in [4.69, 9.17) is 0 Å². The van der Waals surface area contributed by atoms with Crippen molar-refractivity contribution in [3.8, 4) is 0 Å². The van der Waals surface area contributed by atoms with Crippen LogP contribution in [0.25, 0.3) is 0 Å². The summed E-state index contributed by atoms with van der Waals surface area (Å²) in [5, 5.41) is 0. The van der Waals surface area contributed by atoms with Crippen molar-refractivity contribution in [3.63, 3.8) is 0 Å². The van der Waals surface area contributed by atoms with Crippen molar-refractivity contribution in [1.29, 1.82) is 0 Å². The zero-order valence-corrected chi connectivity index (χ0v) is 6.61. The predicted octanol–water partition coefficient (Wildman–Crippen LogP) is 0.833. The molecule has 0 saturated carbocycles. The fourth-order valence-corrected chi connectivity index (χ4v) is 0.784. The molecule has 0 fully saturated rings. The van der Waals surface area contributed by atoms with E-state index in [0.717, 1.165) is 0 Å². The molecule has 0 amide bonds. The Labute approximate surface area is 69.6 Å². The van der Waals surface area contributed by atoms with Crippen LogP contribution >= 0.6 is 0 Å². The van der Waals surface area contributed by atoms with Crippen LogP contribution in [0.5, 0.6) is 0 Å². The first-order valence-electron chi connectivity index (χ1n) is 3.43. The second-order valence-electron chi connectivity index (χ2n) is 2.21. The number of esters is 1. The highest BCUT2D eigenvalue weighted by atomic mass is 16.5. The molecule has 1 rings (SSSR count). The van der Waals surface area contributed by atoms with E-state index in [1.165, 1.54) is 37.4 Å². The standard InChI is InChI=1S/C9H8O3/c1-12-9(11)7-3-2-4-8(10)6-5-7/h2-6H,1H3. The van der Waals surface area contributed by atoms with E-state index in [0.29, 0.717) is 5.56 Å². The summed E-state index contributed by atoms with van der Waals surface area (Å²) in [6.45, 7) is 0. The van der Waals surface area contributed by atoms with E-state index >= 15 is 0 Å². The minimum absolute atomic E-state index is 0.134. The van der Waals surface area contributed by atoms with Gasteiger partial charge in [-0.1, -0.05) is 6.07 Å². The molecule has 0 aliphatic carbocycles. The normalized spacial score (nSPS) is 9.08. The molecule has 62 valence electrons. The van der Waals surface area contributed by atoms with Crippen molar-refractivity contribution in [2.75, 3.05) is 7.11 Å². The van der Waals surface area contributed by atoms with Gasteiger partial charge in [-0.15, -0.1) is 0 Å². The molecular formula is C9H8O3. The molecule has 3 heteroatoms. The second kappa shape index (κ2) is 3.67. The van der Waals surface area contributed by atoms with Crippen molar-refractivity contribution >= 4 is 5.97 Å². The van der Waals surface area contributed by atoms with Crippen LogP contribution in [0.15, 0.2) is 35.1 Å². The molecular weight excluding hydrogens is 156 g/mol. The summed E-state index contributed by atoms with van der Waals surface area (Å²) in [6, 6.07) is 7.20. The number of methoxy groups -OCH3 is 1. The molecule has 0 aromatic heterocycles. The van der Waals surface area contributed by atoms with Gasteiger partial charge in [0.25, 0.3) is 0 Å². The van der Waals surface area contributed by atoms with Crippen LogP contribution in [-0.2, 0) is 4.74 Å². The lowest BCUT2D eigenvalue weighted by molar-refractivity contribution is 0.0601. The Kier molecular flexibility index (Phi) is 2.58. The van der Waals surface area contributed by atoms with Crippen LogP contribution in [0.3, 0.4) is 0 Å². The molecule has 0 saturated heterocycles. The maximum Gasteiger partial charge on any atom is 0.337 e. The van der Waals surface area contributed by atoms with Crippen LogP contribution in [0, 0.1) is 0 Å². The van der Waals surface area contributed by atoms with Gasteiger partial charge < -0.3 is 4.74 Å². The van der Waals surface area contributed by atoms with E-state index < -0.39 is 5.97 Å². The van der Waals surface area contributed by atoms with E-state index in [1.807, 2.05) is 0 Å². The smallest absolute Gasteiger partial charge is 0.337 e. The zero-order valence-electron chi connectivity index (χ0n) is 6.61. The van der Waals surface area contributed by atoms with E-state index in [2.05, 4.69) is 4.74 Å². The molecule has 1 aromatic rings. The lowest BCUT2D eigenvalue weighted by atomic mass is 10.3. The second-order valence-corrected chi connectivity index (χ2v) is 2.21. The molecule has 0 N–H and O–H groups in total. The molecule has 0 bridgehead atoms. The fourth-order valence-electron chi connectivity index (χ4n) is 0.784. The Morgan fingerprint density at radius 1 is 1.25 bits per heavy atom. The van der Waals surface area contributed by atoms with Crippen molar-refractivity contribution in [2.24, 2.45) is 0 Å². The molecule has 0 aliphatic rings. The number of hydrogen-bond donors (Lipinski definition) is 0. The van der Waals surface area contributed by atoms with Crippen molar-refractivity contribution in [3.05, 3.63) is 46.1 Å². The van der Waals surface area contributed by atoms with Gasteiger partial charge in [0.05, 0.1) is 12.7 Å². The minimum Gasteiger partial charge on any atom is -0.465 e. The van der Waals surface area contributed by atoms with Gasteiger partial charge in [-0.25, -0.2) is 4.79 Å². The lowest BCUT2D eigenvalue weighted by Crippen LogP contribution is -1.99. The van der Waals surface area contributed by atoms with Gasteiger partial charge in [-0.3, -0.25) is 4.79 Å². The van der Waals surface area contributed by atoms with Gasteiger partial charge in [0.15, 0.2) is 5.43 Å². The van der Waals surface area contributed by atoms with Crippen molar-refractivity contribution in [1.82, 2.24) is 0 Å². The Morgan fingerprint density at radius 3 is 2.67 bits per heavy atom. The fraction of sp³-hybridized carbons (Fsp3) is 0.111. The highest BCUT2D eigenvalue weighted by molar-refractivity contribution is 5.88. The maximum absolute atomic E-state index is 10.9. The van der Waals surface area contributed by atoms with Gasteiger partial charge in [0.1, 0.15) is 0 Å². The van der Waals surface area contributed by atoms with Crippen LogP contribution in [0.1, 0.15) is 10.4 Å². The molecule has 0 aliphatic heterocycles. The monoisotopic (exact) mass is 164 g/mol. The zero-order chi connectivity index (χ0) is 8.97. The topological polar surface area (TPSA) is 43.4 Å². The largest absolute Gasteiger partial charge is 0.465 e. The van der Waals surface area contributed by atoms with E-state index in [1.54, 1.807) is 0 Å². The van der Waals surface area contributed by atoms with Gasteiger partial charge in [0.2, 0.25) is 0 Å². The van der Waals surface area contributed by atoms with Crippen molar-refractivity contribution < 1.29 is 9.53 Å². The van der Waals surface area contributed by atoms with Crippen LogP contribution in [0.4, 0.5) is 0 Å². The average molecular weight is 164 g/mol. The number of rotatable bonds is 1. The van der Waals surface area contributed by atoms with Gasteiger partial charge >= 0.3 is 5.97 Å². The summed E-state index contributed by atoms with van der Waals surface area (Å²) < 4.78 is 4.48. The Morgan fingerprint density at radius 2 is 2.00 bits per heavy atom. The summed E-state index contributed by atoms with van der Waals surface area (Å²) in [6.07, 6.45) is 0. The minimum atomic E-state index is -0.439. The van der Waals surface area contributed by atoms with E-state index in [9.17, 15) is 9.59 Å². The highest BCUT2D eigenvalue weighted by Crippen LogP contribution is 1.96. The molecule has 0 unspecified atom stereocenters. The summed E-state index contributed by atoms with van der Waals surface area (Å²) in [7, 11) is 1.30. The van der Waals surface area contributed by atoms with E-state index in [-0.39, 0.29) is 5.43 Å². The first-order valence-corrected chi connectivity index (χ1v) is 3.43. The number of carbonyl (C=O) groups is 1. The average Bonchev–Trinajstić information content (AvgIpc) is 2.29. The summed E-state index contributed by atoms with van der Waals surface area (Å²) in [5.74, 6) is -0.439. The maximum atomic E-state index is 10.9. The van der Waals surface area contributed by atoms with Crippen molar-refractivity contribution in [2.45, 2.75) is 0 Å². The molecule has 12 heavy (non-hydrogen) atoms. The van der Waals surface area contributed by atoms with Crippen LogP contribution in [0.2, 0.25) is 0 Å². The first-order chi connectivity index (χ1) is 5.74. The SMILES string of the molecule is COC(=O)c1cccc(=O)cc1. The van der Waals surface area contributed by atoms with Crippen LogP contribution in [-0.4, -0.2) is 13.1 Å². The molecule has 0 heterocycles. The number of hydrogen-bond acceptors (Lipinski definition) is 3. The lowest BCUT2D eigenvalue weighted by Gasteiger charge is -1.92. The van der Waals surface area contributed by atoms with Crippen LogP contribution < -0.4 is 5.43 Å². The molecule has 0 spiro atoms. The molecule has 0 radical (unpaired) electrons. The number of carbonyl (C=O) groups excluding carboxylic acids is 1. The third-order valence-electron chi connectivity index (χ3n) is 1.38. The van der Waals surface area contributed by atoms with Gasteiger partial charge in [0, 0.05) is 0 Å². The quantitative estimate of drug-likeness (QED) is 0.577. The first kappa shape index (κ1) is 8.46. The molecule has 0 atom stereocenters. The Bertz CT molecular complexity index is 344. The predicted molar refractivity (Wildman–Crippen MR) is 44.1 cm³/mol. The summed E-state index contributed by atoms with van der Waals surface area (Å²) in [5.41, 5.74) is 0.241. The van der Waals surface area contributed by atoms with Gasteiger partial charge in [-0.2, -0.15) is 0 Å². The molecule has 1 aromatic carbocycles. The number of ether oxygens (including phenoxy) is 1. The highest BCUT2D eigenvalue weighted by Gasteiger charge is 2.01. The third kappa shape index (κ3) is 1.92. The summed E-state index contributed by atoms with van der Waals surface area (Å²) >= 11 is 0. The molecule has 3 nitrogen and oxygen atoms in total. The Balaban J connectivity index is 3.13.